The van der Waals surface area contributed by atoms with E-state index in [4.69, 9.17) is 21.1 Å². The van der Waals surface area contributed by atoms with Crippen LogP contribution in [0.2, 0.25) is 5.02 Å². The van der Waals surface area contributed by atoms with Crippen molar-refractivity contribution in [2.24, 2.45) is 0 Å². The molecule has 1 N–H and O–H groups in total. The van der Waals surface area contributed by atoms with Gasteiger partial charge in [-0.15, -0.1) is 0 Å². The van der Waals surface area contributed by atoms with Crippen LogP contribution in [0.15, 0.2) is 42.7 Å². The highest BCUT2D eigenvalue weighted by molar-refractivity contribution is 7.19. The van der Waals surface area contributed by atoms with Crippen molar-refractivity contribution in [3.8, 4) is 16.3 Å². The summed E-state index contributed by atoms with van der Waals surface area (Å²) in [7, 11) is 1.58. The number of halogens is 1. The van der Waals surface area contributed by atoms with Crippen LogP contribution < -0.4 is 10.1 Å². The number of nitrogens with one attached hydrogen (secondary N) is 1. The zero-order valence-electron chi connectivity index (χ0n) is 18.0. The molecule has 32 heavy (non-hydrogen) atoms. The number of aryl methyl sites for hydroxylation is 2. The summed E-state index contributed by atoms with van der Waals surface area (Å²) in [6.07, 6.45) is 2.34. The Morgan fingerprint density at radius 2 is 2.09 bits per heavy atom. The van der Waals surface area contributed by atoms with Crippen molar-refractivity contribution < 1.29 is 14.3 Å². The van der Waals surface area contributed by atoms with Gasteiger partial charge in [0.05, 0.1) is 35.7 Å². The van der Waals surface area contributed by atoms with Crippen molar-refractivity contribution in [3.63, 3.8) is 0 Å². The molecule has 2 heterocycles. The van der Waals surface area contributed by atoms with Crippen LogP contribution in [0.4, 0.5) is 9.80 Å². The predicted molar refractivity (Wildman–Crippen MR) is 128 cm³/mol. The lowest BCUT2D eigenvalue weighted by Crippen LogP contribution is -2.13. The predicted octanol–water partition coefficient (Wildman–Crippen LogP) is 6.29. The Labute approximate surface area is 195 Å². The van der Waals surface area contributed by atoms with Gasteiger partial charge in [0.1, 0.15) is 22.4 Å². The van der Waals surface area contributed by atoms with Crippen molar-refractivity contribution in [2.75, 3.05) is 12.4 Å². The molecule has 0 spiro atoms. The minimum atomic E-state index is -0.539. The van der Waals surface area contributed by atoms with Gasteiger partial charge < -0.3 is 14.0 Å². The molecule has 0 radical (unpaired) electrons. The van der Waals surface area contributed by atoms with Gasteiger partial charge in [0.2, 0.25) is 0 Å². The van der Waals surface area contributed by atoms with Gasteiger partial charge in [-0.1, -0.05) is 35.9 Å². The number of aromatic nitrogens is 3. The van der Waals surface area contributed by atoms with E-state index in [1.807, 2.05) is 37.5 Å². The molecular formula is C23H23ClN4O3S. The van der Waals surface area contributed by atoms with Gasteiger partial charge in [0.15, 0.2) is 0 Å². The van der Waals surface area contributed by atoms with E-state index in [0.29, 0.717) is 21.5 Å². The highest BCUT2D eigenvalue weighted by Crippen LogP contribution is 2.38. The lowest BCUT2D eigenvalue weighted by atomic mass is 10.2. The first-order chi connectivity index (χ1) is 15.5. The smallest absolute Gasteiger partial charge is 0.412 e. The number of nitrogens with zero attached hydrogens (tertiary/aromatic N) is 3. The number of carbonyl (C=O) groups excluding carboxylic acids is 1. The number of methoxy groups -OCH3 is 1. The second-order valence-electron chi connectivity index (χ2n) is 7.24. The van der Waals surface area contributed by atoms with Crippen LogP contribution in [0, 0.1) is 6.92 Å². The fraction of sp³-hybridized carbons (Fsp3) is 0.261. The highest BCUT2D eigenvalue weighted by Gasteiger charge is 2.16. The van der Waals surface area contributed by atoms with Crippen molar-refractivity contribution in [1.29, 1.82) is 0 Å². The molecule has 0 fully saturated rings. The molecule has 0 bridgehead atoms. The van der Waals surface area contributed by atoms with E-state index < -0.39 is 6.09 Å². The van der Waals surface area contributed by atoms with Crippen LogP contribution in [-0.2, 0) is 17.9 Å². The Bertz CT molecular complexity index is 1270. The number of imidazole rings is 1. The van der Waals surface area contributed by atoms with E-state index in [9.17, 15) is 4.79 Å². The standard InChI is InChI=1S/C23H23ClN4O3S/c1-4-9-28-13-25-18-10-15(5-8-19(18)28)12-31-23(29)27-21-14(2)26-22(32-21)17-7-6-16(24)11-20(17)30-3/h5-8,10-11,13H,4,9,12H2,1-3H3,(H,27,29). The van der Waals surface area contributed by atoms with E-state index >= 15 is 0 Å². The van der Waals surface area contributed by atoms with Gasteiger partial charge in [-0.3, -0.25) is 5.32 Å². The second-order valence-corrected chi connectivity index (χ2v) is 8.68. The molecule has 4 rings (SSSR count). The molecule has 0 aliphatic rings. The lowest BCUT2D eigenvalue weighted by Gasteiger charge is -2.07. The van der Waals surface area contributed by atoms with Crippen LogP contribution in [-0.4, -0.2) is 27.7 Å². The quantitative estimate of drug-likeness (QED) is 0.343. The molecule has 0 saturated heterocycles. The number of fused-ring (bicyclic) bond motifs is 1. The minimum absolute atomic E-state index is 0.151. The number of carbonyl (C=O) groups is 1. The molecule has 166 valence electrons. The van der Waals surface area contributed by atoms with Crippen molar-refractivity contribution in [2.45, 2.75) is 33.4 Å². The van der Waals surface area contributed by atoms with Gasteiger partial charge in [0, 0.05) is 11.6 Å². The van der Waals surface area contributed by atoms with E-state index in [2.05, 4.69) is 26.8 Å². The molecule has 9 heteroatoms. The molecule has 0 atom stereocenters. The van der Waals surface area contributed by atoms with Gasteiger partial charge in [0.25, 0.3) is 0 Å². The zero-order valence-corrected chi connectivity index (χ0v) is 19.6. The maximum atomic E-state index is 12.4. The molecule has 0 aliphatic heterocycles. The third-order valence-electron chi connectivity index (χ3n) is 4.93. The van der Waals surface area contributed by atoms with E-state index in [1.54, 1.807) is 19.2 Å². The molecule has 1 amide bonds. The Hall–Kier alpha value is -3.10. The molecule has 4 aromatic rings. The lowest BCUT2D eigenvalue weighted by molar-refractivity contribution is 0.155. The number of anilines is 1. The first-order valence-electron chi connectivity index (χ1n) is 10.2. The van der Waals surface area contributed by atoms with Crippen molar-refractivity contribution in [1.82, 2.24) is 14.5 Å². The Kier molecular flexibility index (Phi) is 6.62. The Balaban J connectivity index is 1.42. The van der Waals surface area contributed by atoms with Crippen LogP contribution in [0.1, 0.15) is 24.6 Å². The molecule has 2 aromatic carbocycles. The third-order valence-corrected chi connectivity index (χ3v) is 6.27. The van der Waals surface area contributed by atoms with Gasteiger partial charge in [-0.25, -0.2) is 14.8 Å². The van der Waals surface area contributed by atoms with E-state index in [0.717, 1.165) is 40.1 Å². The number of hydrogen-bond donors (Lipinski definition) is 1. The summed E-state index contributed by atoms with van der Waals surface area (Å²) in [5.74, 6) is 0.622. The van der Waals surface area contributed by atoms with Crippen molar-refractivity contribution >= 4 is 45.1 Å². The monoisotopic (exact) mass is 470 g/mol. The number of hydrogen-bond acceptors (Lipinski definition) is 6. The highest BCUT2D eigenvalue weighted by atomic mass is 35.5. The van der Waals surface area contributed by atoms with Crippen LogP contribution in [0.3, 0.4) is 0 Å². The second kappa shape index (κ2) is 9.58. The Morgan fingerprint density at radius 3 is 2.88 bits per heavy atom. The fourth-order valence-electron chi connectivity index (χ4n) is 3.37. The van der Waals surface area contributed by atoms with Crippen molar-refractivity contribution in [3.05, 3.63) is 59.0 Å². The molecule has 0 unspecified atom stereocenters. The SMILES string of the molecule is CCCn1cnc2cc(COC(=O)Nc3sc(-c4ccc(Cl)cc4OC)nc3C)ccc21. The Morgan fingerprint density at radius 1 is 1.25 bits per heavy atom. The van der Waals surface area contributed by atoms with Gasteiger partial charge >= 0.3 is 6.09 Å². The molecule has 0 aliphatic carbocycles. The number of rotatable bonds is 7. The normalized spacial score (nSPS) is 11.0. The summed E-state index contributed by atoms with van der Waals surface area (Å²) >= 11 is 7.39. The maximum absolute atomic E-state index is 12.4. The average molecular weight is 471 g/mol. The van der Waals surface area contributed by atoms with Gasteiger partial charge in [-0.05, 0) is 49.2 Å². The molecule has 7 nitrogen and oxygen atoms in total. The number of thiazole rings is 1. The summed E-state index contributed by atoms with van der Waals surface area (Å²) in [5.41, 5.74) is 4.34. The summed E-state index contributed by atoms with van der Waals surface area (Å²) in [6.45, 7) is 5.04. The first-order valence-corrected chi connectivity index (χ1v) is 11.4. The largest absolute Gasteiger partial charge is 0.496 e. The summed E-state index contributed by atoms with van der Waals surface area (Å²) in [5, 5.41) is 4.71. The summed E-state index contributed by atoms with van der Waals surface area (Å²) in [6, 6.07) is 11.3. The minimum Gasteiger partial charge on any atom is -0.496 e. The molecular weight excluding hydrogens is 448 g/mol. The fourth-order valence-corrected chi connectivity index (χ4v) is 4.51. The average Bonchev–Trinajstić information content (AvgIpc) is 3.35. The van der Waals surface area contributed by atoms with Gasteiger partial charge in [-0.2, -0.15) is 0 Å². The number of amides is 1. The topological polar surface area (TPSA) is 78.3 Å². The summed E-state index contributed by atoms with van der Waals surface area (Å²) in [4.78, 5) is 21.4. The molecule has 0 saturated carbocycles. The van der Waals surface area contributed by atoms with Crippen LogP contribution in [0.5, 0.6) is 5.75 Å². The number of benzene rings is 2. The molecule has 2 aromatic heterocycles. The van der Waals surface area contributed by atoms with E-state index in [1.165, 1.54) is 11.3 Å². The van der Waals surface area contributed by atoms with E-state index in [-0.39, 0.29) is 6.61 Å². The van der Waals surface area contributed by atoms with Crippen LogP contribution in [0.25, 0.3) is 21.6 Å². The maximum Gasteiger partial charge on any atom is 0.412 e. The third kappa shape index (κ3) is 4.71. The first kappa shape index (κ1) is 22.1. The van der Waals surface area contributed by atoms with Crippen LogP contribution >= 0.6 is 22.9 Å². The summed E-state index contributed by atoms with van der Waals surface area (Å²) < 4.78 is 12.9. The zero-order chi connectivity index (χ0) is 22.7. The number of ether oxygens (including phenoxy) is 2.